The lowest BCUT2D eigenvalue weighted by Gasteiger charge is -2.10. The third-order valence-corrected chi connectivity index (χ3v) is 3.75. The molecule has 0 amide bonds. The molecule has 0 spiro atoms. The van der Waals surface area contributed by atoms with Crippen LogP contribution in [-0.4, -0.2) is 17.9 Å². The average Bonchev–Trinajstić information content (AvgIpc) is 2.53. The monoisotopic (exact) mass is 341 g/mol. The highest BCUT2D eigenvalue weighted by atomic mass is 79.9. The van der Waals surface area contributed by atoms with Gasteiger partial charge in [0.1, 0.15) is 5.75 Å². The largest absolute Gasteiger partial charge is 0.496 e. The molecule has 104 valence electrons. The molecule has 2 aromatic carbocycles. The highest BCUT2D eigenvalue weighted by Crippen LogP contribution is 2.29. The summed E-state index contributed by atoms with van der Waals surface area (Å²) in [6.07, 6.45) is 3.23. The van der Waals surface area contributed by atoms with Crippen LogP contribution < -0.4 is 4.74 Å². The van der Waals surface area contributed by atoms with Gasteiger partial charge >= 0.3 is 0 Å². The third kappa shape index (κ3) is 2.54. The van der Waals surface area contributed by atoms with E-state index >= 15 is 0 Å². The number of aromatic nitrogens is 1. The van der Waals surface area contributed by atoms with Gasteiger partial charge in [0.25, 0.3) is 0 Å². The number of nitrogens with zero attached hydrogens (tertiary/aromatic N) is 1. The summed E-state index contributed by atoms with van der Waals surface area (Å²) in [5.74, 6) is 0.706. The van der Waals surface area contributed by atoms with Gasteiger partial charge < -0.3 is 4.74 Å². The van der Waals surface area contributed by atoms with Crippen molar-refractivity contribution in [2.24, 2.45) is 0 Å². The van der Waals surface area contributed by atoms with Crippen LogP contribution in [0.25, 0.3) is 10.8 Å². The van der Waals surface area contributed by atoms with Crippen LogP contribution in [0.1, 0.15) is 15.9 Å². The second-order valence-electron chi connectivity index (χ2n) is 4.58. The molecule has 1 aromatic heterocycles. The van der Waals surface area contributed by atoms with Gasteiger partial charge in [-0.25, -0.2) is 0 Å². The fourth-order valence-corrected chi connectivity index (χ4v) is 2.70. The zero-order valence-electron chi connectivity index (χ0n) is 11.3. The van der Waals surface area contributed by atoms with Gasteiger partial charge in [0.15, 0.2) is 5.78 Å². The molecule has 4 heteroatoms. The highest BCUT2D eigenvalue weighted by molar-refractivity contribution is 9.10. The van der Waals surface area contributed by atoms with E-state index in [4.69, 9.17) is 4.74 Å². The number of ketones is 1. The molecule has 0 unspecified atom stereocenters. The maximum Gasteiger partial charge on any atom is 0.195 e. The summed E-state index contributed by atoms with van der Waals surface area (Å²) in [7, 11) is 1.63. The Bertz CT molecular complexity index is 830. The minimum Gasteiger partial charge on any atom is -0.496 e. The number of carbonyl (C=O) groups excluding carboxylic acids is 1. The summed E-state index contributed by atoms with van der Waals surface area (Å²) < 4.78 is 6.14. The van der Waals surface area contributed by atoms with Crippen molar-refractivity contribution in [3.63, 3.8) is 0 Å². The summed E-state index contributed by atoms with van der Waals surface area (Å²) in [5, 5.41) is 1.80. The van der Waals surface area contributed by atoms with Crippen molar-refractivity contribution in [3.05, 3.63) is 70.5 Å². The maximum absolute atomic E-state index is 12.7. The standard InChI is InChI=1S/C17H12BrNO2/c1-21-16-7-6-15(13-4-2-3-5-14(13)16)17(20)11-8-12(18)10-19-9-11/h2-10H,1H3. The Labute approximate surface area is 130 Å². The number of benzene rings is 2. The van der Waals surface area contributed by atoms with E-state index in [-0.39, 0.29) is 5.78 Å². The molecule has 0 aliphatic rings. The highest BCUT2D eigenvalue weighted by Gasteiger charge is 2.15. The molecule has 0 atom stereocenters. The normalized spacial score (nSPS) is 10.6. The lowest BCUT2D eigenvalue weighted by atomic mass is 9.97. The van der Waals surface area contributed by atoms with Gasteiger partial charge in [0.2, 0.25) is 0 Å². The molecular weight excluding hydrogens is 330 g/mol. The molecular formula is C17H12BrNO2. The van der Waals surface area contributed by atoms with Crippen LogP contribution >= 0.6 is 15.9 Å². The van der Waals surface area contributed by atoms with E-state index in [2.05, 4.69) is 20.9 Å². The Morgan fingerprint density at radius 3 is 2.57 bits per heavy atom. The number of pyridine rings is 1. The Morgan fingerprint density at radius 1 is 1.10 bits per heavy atom. The van der Waals surface area contributed by atoms with E-state index in [1.54, 1.807) is 31.6 Å². The van der Waals surface area contributed by atoms with Crippen LogP contribution in [0.2, 0.25) is 0 Å². The Hall–Kier alpha value is -2.20. The van der Waals surface area contributed by atoms with Gasteiger partial charge in [0.05, 0.1) is 7.11 Å². The number of halogens is 1. The lowest BCUT2D eigenvalue weighted by molar-refractivity contribution is 0.104. The van der Waals surface area contributed by atoms with Gasteiger partial charge in [-0.2, -0.15) is 0 Å². The van der Waals surface area contributed by atoms with E-state index in [1.807, 2.05) is 30.3 Å². The third-order valence-electron chi connectivity index (χ3n) is 3.32. The Morgan fingerprint density at radius 2 is 1.86 bits per heavy atom. The van der Waals surface area contributed by atoms with Gasteiger partial charge in [-0.05, 0) is 39.5 Å². The van der Waals surface area contributed by atoms with Crippen molar-refractivity contribution in [2.75, 3.05) is 7.11 Å². The van der Waals surface area contributed by atoms with Crippen LogP contribution in [-0.2, 0) is 0 Å². The topological polar surface area (TPSA) is 39.2 Å². The minimum absolute atomic E-state index is 0.0531. The van der Waals surface area contributed by atoms with Gasteiger partial charge in [-0.1, -0.05) is 24.3 Å². The van der Waals surface area contributed by atoms with Crippen LogP contribution in [0, 0.1) is 0 Å². The zero-order valence-corrected chi connectivity index (χ0v) is 12.9. The number of hydrogen-bond donors (Lipinski definition) is 0. The molecule has 3 aromatic rings. The van der Waals surface area contributed by atoms with Gasteiger partial charge in [-0.15, -0.1) is 0 Å². The van der Waals surface area contributed by atoms with Gasteiger partial charge in [0, 0.05) is 33.4 Å². The van der Waals surface area contributed by atoms with Crippen LogP contribution in [0.3, 0.4) is 0 Å². The minimum atomic E-state index is -0.0531. The first-order valence-corrected chi connectivity index (χ1v) is 7.21. The first-order valence-electron chi connectivity index (χ1n) is 6.41. The fraction of sp³-hybridized carbons (Fsp3) is 0.0588. The molecule has 0 fully saturated rings. The second kappa shape index (κ2) is 5.66. The lowest BCUT2D eigenvalue weighted by Crippen LogP contribution is -2.03. The maximum atomic E-state index is 12.7. The molecule has 0 aliphatic heterocycles. The van der Waals surface area contributed by atoms with Crippen LogP contribution in [0.4, 0.5) is 0 Å². The molecule has 0 radical (unpaired) electrons. The number of rotatable bonds is 3. The van der Waals surface area contributed by atoms with Crippen molar-refractivity contribution in [2.45, 2.75) is 0 Å². The van der Waals surface area contributed by atoms with Crippen molar-refractivity contribution < 1.29 is 9.53 Å². The molecule has 1 heterocycles. The molecule has 0 saturated heterocycles. The second-order valence-corrected chi connectivity index (χ2v) is 5.50. The summed E-state index contributed by atoms with van der Waals surface area (Å²) in [6.45, 7) is 0. The summed E-state index contributed by atoms with van der Waals surface area (Å²) >= 11 is 3.34. The van der Waals surface area contributed by atoms with Crippen molar-refractivity contribution in [1.82, 2.24) is 4.98 Å². The molecule has 21 heavy (non-hydrogen) atoms. The van der Waals surface area contributed by atoms with Crippen molar-refractivity contribution >= 4 is 32.5 Å². The molecule has 3 rings (SSSR count). The first-order chi connectivity index (χ1) is 10.2. The molecule has 3 nitrogen and oxygen atoms in total. The van der Waals surface area contributed by atoms with Crippen LogP contribution in [0.5, 0.6) is 5.75 Å². The predicted octanol–water partition coefficient (Wildman–Crippen LogP) is 4.24. The number of hydrogen-bond acceptors (Lipinski definition) is 3. The van der Waals surface area contributed by atoms with E-state index < -0.39 is 0 Å². The van der Waals surface area contributed by atoms with E-state index in [0.717, 1.165) is 21.0 Å². The predicted molar refractivity (Wildman–Crippen MR) is 85.9 cm³/mol. The first kappa shape index (κ1) is 13.8. The zero-order chi connectivity index (χ0) is 14.8. The van der Waals surface area contributed by atoms with Crippen molar-refractivity contribution in [1.29, 1.82) is 0 Å². The number of carbonyl (C=O) groups is 1. The van der Waals surface area contributed by atoms with E-state index in [1.165, 1.54) is 0 Å². The van der Waals surface area contributed by atoms with Crippen molar-refractivity contribution in [3.8, 4) is 5.75 Å². The quantitative estimate of drug-likeness (QED) is 0.669. The number of ether oxygens (including phenoxy) is 1. The van der Waals surface area contributed by atoms with Crippen LogP contribution in [0.15, 0.2) is 59.3 Å². The van der Waals surface area contributed by atoms with E-state index in [9.17, 15) is 4.79 Å². The number of fused-ring (bicyclic) bond motifs is 1. The molecule has 0 aliphatic carbocycles. The Kier molecular flexibility index (Phi) is 3.71. The number of methoxy groups -OCH3 is 1. The molecule has 0 saturated carbocycles. The Balaban J connectivity index is 2.19. The summed E-state index contributed by atoms with van der Waals surface area (Å²) in [5.41, 5.74) is 1.20. The summed E-state index contributed by atoms with van der Waals surface area (Å²) in [6, 6.07) is 13.1. The molecule has 0 bridgehead atoms. The average molecular weight is 342 g/mol. The van der Waals surface area contributed by atoms with E-state index in [0.29, 0.717) is 11.1 Å². The molecule has 0 N–H and O–H groups in total. The SMILES string of the molecule is COc1ccc(C(=O)c2cncc(Br)c2)c2ccccc12. The van der Waals surface area contributed by atoms with Gasteiger partial charge in [-0.3, -0.25) is 9.78 Å². The fourth-order valence-electron chi connectivity index (χ4n) is 2.34. The summed E-state index contributed by atoms with van der Waals surface area (Å²) in [4.78, 5) is 16.8. The smallest absolute Gasteiger partial charge is 0.195 e.